The Bertz CT molecular complexity index is 651. The molecule has 0 aliphatic heterocycles. The van der Waals surface area contributed by atoms with Crippen LogP contribution in [-0.2, 0) is 6.54 Å². The fourth-order valence-corrected chi connectivity index (χ4v) is 2.83. The number of aryl methyl sites for hydroxylation is 1. The number of thiophene rings is 1. The second-order valence-electron chi connectivity index (χ2n) is 4.46. The highest BCUT2D eigenvalue weighted by Crippen LogP contribution is 2.22. The van der Waals surface area contributed by atoms with E-state index in [1.807, 2.05) is 18.4 Å². The number of nitro benzene ring substituents is 1. The zero-order chi connectivity index (χ0) is 14.7. The van der Waals surface area contributed by atoms with Gasteiger partial charge in [-0.05, 0) is 30.0 Å². The van der Waals surface area contributed by atoms with E-state index in [0.717, 1.165) is 10.4 Å². The summed E-state index contributed by atoms with van der Waals surface area (Å²) in [7, 11) is 1.65. The van der Waals surface area contributed by atoms with E-state index < -0.39 is 4.92 Å². The first-order valence-electron chi connectivity index (χ1n) is 6.02. The average molecular weight is 290 g/mol. The van der Waals surface area contributed by atoms with Crippen LogP contribution in [0.3, 0.4) is 0 Å². The van der Waals surface area contributed by atoms with E-state index in [9.17, 15) is 14.9 Å². The van der Waals surface area contributed by atoms with Gasteiger partial charge in [-0.3, -0.25) is 14.9 Å². The summed E-state index contributed by atoms with van der Waals surface area (Å²) in [5, 5.41) is 12.9. The number of hydrogen-bond donors (Lipinski definition) is 0. The SMILES string of the molecule is Cc1ccsc1CN(C)C(=O)c1ccccc1[N+](=O)[O-]. The van der Waals surface area contributed by atoms with Crippen LogP contribution in [0.25, 0.3) is 0 Å². The molecule has 0 aliphatic carbocycles. The van der Waals surface area contributed by atoms with Crippen molar-refractivity contribution < 1.29 is 9.72 Å². The zero-order valence-corrected chi connectivity index (χ0v) is 12.0. The van der Waals surface area contributed by atoms with E-state index in [1.165, 1.54) is 17.0 Å². The number of carbonyl (C=O) groups excluding carboxylic acids is 1. The van der Waals surface area contributed by atoms with Crippen LogP contribution in [0, 0.1) is 17.0 Å². The van der Waals surface area contributed by atoms with Crippen molar-refractivity contribution in [2.75, 3.05) is 7.05 Å². The maximum atomic E-state index is 12.3. The maximum absolute atomic E-state index is 12.3. The molecular weight excluding hydrogens is 276 g/mol. The van der Waals surface area contributed by atoms with Crippen molar-refractivity contribution in [3.8, 4) is 0 Å². The molecule has 104 valence electrons. The Hall–Kier alpha value is -2.21. The monoisotopic (exact) mass is 290 g/mol. The molecule has 0 unspecified atom stereocenters. The van der Waals surface area contributed by atoms with E-state index in [1.54, 1.807) is 30.5 Å². The Morgan fingerprint density at radius 2 is 2.05 bits per heavy atom. The molecule has 2 aromatic rings. The van der Waals surface area contributed by atoms with Gasteiger partial charge in [0.1, 0.15) is 5.56 Å². The normalized spacial score (nSPS) is 10.3. The van der Waals surface area contributed by atoms with Gasteiger partial charge in [0.2, 0.25) is 0 Å². The minimum Gasteiger partial charge on any atom is -0.336 e. The summed E-state index contributed by atoms with van der Waals surface area (Å²) in [5.74, 6) is -0.342. The first kappa shape index (κ1) is 14.2. The molecule has 0 N–H and O–H groups in total. The first-order chi connectivity index (χ1) is 9.50. The molecule has 20 heavy (non-hydrogen) atoms. The second-order valence-corrected chi connectivity index (χ2v) is 5.46. The van der Waals surface area contributed by atoms with E-state index in [4.69, 9.17) is 0 Å². The molecule has 1 aromatic carbocycles. The minimum absolute atomic E-state index is 0.120. The van der Waals surface area contributed by atoms with E-state index in [2.05, 4.69) is 0 Å². The zero-order valence-electron chi connectivity index (χ0n) is 11.2. The van der Waals surface area contributed by atoms with Crippen LogP contribution in [0.15, 0.2) is 35.7 Å². The first-order valence-corrected chi connectivity index (χ1v) is 6.90. The summed E-state index contributed by atoms with van der Waals surface area (Å²) >= 11 is 1.57. The summed E-state index contributed by atoms with van der Waals surface area (Å²) in [4.78, 5) is 25.3. The van der Waals surface area contributed by atoms with Gasteiger partial charge in [0.05, 0.1) is 11.5 Å². The Kier molecular flexibility index (Phi) is 4.14. The number of rotatable bonds is 4. The Morgan fingerprint density at radius 3 is 2.65 bits per heavy atom. The largest absolute Gasteiger partial charge is 0.336 e. The molecule has 0 fully saturated rings. The smallest absolute Gasteiger partial charge is 0.282 e. The number of nitrogens with zero attached hydrogens (tertiary/aromatic N) is 2. The van der Waals surface area contributed by atoms with Crippen LogP contribution < -0.4 is 0 Å². The van der Waals surface area contributed by atoms with Crippen molar-refractivity contribution >= 4 is 22.9 Å². The molecule has 0 atom stereocenters. The fourth-order valence-electron chi connectivity index (χ4n) is 1.87. The fraction of sp³-hybridized carbons (Fsp3) is 0.214. The van der Waals surface area contributed by atoms with Crippen LogP contribution in [0.4, 0.5) is 5.69 Å². The summed E-state index contributed by atoms with van der Waals surface area (Å²) in [5.41, 5.74) is 1.08. The lowest BCUT2D eigenvalue weighted by Gasteiger charge is -2.16. The third kappa shape index (κ3) is 2.85. The van der Waals surface area contributed by atoms with Crippen molar-refractivity contribution in [1.29, 1.82) is 0 Å². The standard InChI is InChI=1S/C14H14N2O3S/c1-10-7-8-20-13(10)9-15(2)14(17)11-5-3-4-6-12(11)16(18)19/h3-8H,9H2,1-2H3. The molecule has 0 spiro atoms. The molecule has 0 saturated heterocycles. The molecule has 1 aromatic heterocycles. The van der Waals surface area contributed by atoms with Crippen LogP contribution in [0.1, 0.15) is 20.8 Å². The quantitative estimate of drug-likeness (QED) is 0.641. The van der Waals surface area contributed by atoms with Gasteiger partial charge in [-0.25, -0.2) is 0 Å². The van der Waals surface area contributed by atoms with Crippen LogP contribution in [-0.4, -0.2) is 22.8 Å². The van der Waals surface area contributed by atoms with E-state index >= 15 is 0 Å². The molecule has 0 bridgehead atoms. The number of hydrogen-bond acceptors (Lipinski definition) is 4. The van der Waals surface area contributed by atoms with Gasteiger partial charge < -0.3 is 4.90 Å². The number of nitro groups is 1. The molecule has 0 radical (unpaired) electrons. The van der Waals surface area contributed by atoms with Crippen LogP contribution in [0.2, 0.25) is 0 Å². The molecule has 0 aliphatic rings. The topological polar surface area (TPSA) is 63.5 Å². The summed E-state index contributed by atoms with van der Waals surface area (Å²) in [6.45, 7) is 2.43. The predicted octanol–water partition coefficient (Wildman–Crippen LogP) is 3.24. The second kappa shape index (κ2) is 5.83. The van der Waals surface area contributed by atoms with Crippen LogP contribution in [0.5, 0.6) is 0 Å². The van der Waals surface area contributed by atoms with Gasteiger partial charge in [-0.2, -0.15) is 0 Å². The number of carbonyl (C=O) groups is 1. The highest BCUT2D eigenvalue weighted by molar-refractivity contribution is 7.10. The van der Waals surface area contributed by atoms with Gasteiger partial charge >= 0.3 is 0 Å². The van der Waals surface area contributed by atoms with Gasteiger partial charge in [0, 0.05) is 18.0 Å². The third-order valence-electron chi connectivity index (χ3n) is 3.03. The Morgan fingerprint density at radius 1 is 1.35 bits per heavy atom. The lowest BCUT2D eigenvalue weighted by atomic mass is 10.1. The van der Waals surface area contributed by atoms with Gasteiger partial charge in [-0.15, -0.1) is 11.3 Å². The lowest BCUT2D eigenvalue weighted by Crippen LogP contribution is -2.26. The molecule has 0 saturated carbocycles. The minimum atomic E-state index is -0.530. The molecular formula is C14H14N2O3S. The van der Waals surface area contributed by atoms with Gasteiger partial charge in [0.15, 0.2) is 0 Å². The Labute approximate surface area is 120 Å². The van der Waals surface area contributed by atoms with Crippen molar-refractivity contribution in [3.63, 3.8) is 0 Å². The molecule has 2 rings (SSSR count). The third-order valence-corrected chi connectivity index (χ3v) is 4.03. The summed E-state index contributed by atoms with van der Waals surface area (Å²) < 4.78 is 0. The van der Waals surface area contributed by atoms with E-state index in [0.29, 0.717) is 6.54 Å². The molecule has 6 heteroatoms. The highest BCUT2D eigenvalue weighted by Gasteiger charge is 2.22. The average Bonchev–Trinajstić information content (AvgIpc) is 2.83. The van der Waals surface area contributed by atoms with Gasteiger partial charge in [-0.1, -0.05) is 12.1 Å². The Balaban J connectivity index is 2.23. The molecule has 5 nitrogen and oxygen atoms in total. The lowest BCUT2D eigenvalue weighted by molar-refractivity contribution is -0.385. The van der Waals surface area contributed by atoms with Crippen molar-refractivity contribution in [2.24, 2.45) is 0 Å². The van der Waals surface area contributed by atoms with E-state index in [-0.39, 0.29) is 17.2 Å². The number of para-hydroxylation sites is 1. The summed E-state index contributed by atoms with van der Waals surface area (Å²) in [6, 6.07) is 8.00. The predicted molar refractivity (Wildman–Crippen MR) is 77.9 cm³/mol. The van der Waals surface area contributed by atoms with Crippen molar-refractivity contribution in [3.05, 3.63) is 61.8 Å². The van der Waals surface area contributed by atoms with Crippen LogP contribution >= 0.6 is 11.3 Å². The number of benzene rings is 1. The van der Waals surface area contributed by atoms with Crippen molar-refractivity contribution in [1.82, 2.24) is 4.90 Å². The number of amides is 1. The van der Waals surface area contributed by atoms with Crippen molar-refractivity contribution in [2.45, 2.75) is 13.5 Å². The molecule has 1 amide bonds. The van der Waals surface area contributed by atoms with Gasteiger partial charge in [0.25, 0.3) is 11.6 Å². The highest BCUT2D eigenvalue weighted by atomic mass is 32.1. The maximum Gasteiger partial charge on any atom is 0.282 e. The summed E-state index contributed by atoms with van der Waals surface area (Å²) in [6.07, 6.45) is 0. The molecule has 1 heterocycles.